The molecule has 1 saturated carbocycles. The van der Waals surface area contributed by atoms with Crippen LogP contribution in [0.4, 0.5) is 0 Å². The Bertz CT molecular complexity index is 322. The summed E-state index contributed by atoms with van der Waals surface area (Å²) >= 11 is 0. The van der Waals surface area contributed by atoms with E-state index in [0.717, 1.165) is 39.0 Å². The Morgan fingerprint density at radius 2 is 1.94 bits per heavy atom. The van der Waals surface area contributed by atoms with Gasteiger partial charge in [-0.05, 0) is 18.8 Å². The largest absolute Gasteiger partial charge is 0.339 e. The van der Waals surface area contributed by atoms with Crippen LogP contribution in [-0.4, -0.2) is 61.4 Å². The lowest BCUT2D eigenvalue weighted by Crippen LogP contribution is -2.50. The van der Waals surface area contributed by atoms with E-state index in [0.29, 0.717) is 5.92 Å². The van der Waals surface area contributed by atoms with Crippen LogP contribution in [0.2, 0.25) is 0 Å². The molecule has 0 aromatic rings. The predicted octanol–water partition coefficient (Wildman–Crippen LogP) is -0.0773. The van der Waals surface area contributed by atoms with Gasteiger partial charge in [0.15, 0.2) is 0 Å². The number of hydrogen-bond acceptors (Lipinski definition) is 3. The fourth-order valence-electron chi connectivity index (χ4n) is 2.44. The fourth-order valence-corrected chi connectivity index (χ4v) is 2.44. The number of likely N-dealkylation sites (N-methyl/N-ethyl adjacent to an activating group) is 1. The van der Waals surface area contributed by atoms with Crippen LogP contribution < -0.4 is 5.32 Å². The second-order valence-corrected chi connectivity index (χ2v) is 5.45. The molecule has 102 valence electrons. The summed E-state index contributed by atoms with van der Waals surface area (Å²) in [6, 6.07) is 0. The molecule has 1 saturated heterocycles. The maximum atomic E-state index is 12.1. The van der Waals surface area contributed by atoms with Crippen molar-refractivity contribution in [2.24, 2.45) is 11.8 Å². The van der Waals surface area contributed by atoms with Crippen molar-refractivity contribution in [1.82, 2.24) is 15.1 Å². The van der Waals surface area contributed by atoms with Crippen molar-refractivity contribution in [3.8, 4) is 0 Å². The molecule has 5 nitrogen and oxygen atoms in total. The molecule has 5 heteroatoms. The molecule has 1 atom stereocenters. The van der Waals surface area contributed by atoms with Crippen LogP contribution in [0.25, 0.3) is 0 Å². The average Bonchev–Trinajstić information content (AvgIpc) is 3.22. The molecule has 0 bridgehead atoms. The fraction of sp³-hybridized carbons (Fsp3) is 0.846. The summed E-state index contributed by atoms with van der Waals surface area (Å²) in [6.45, 7) is 5.39. The van der Waals surface area contributed by atoms with E-state index in [-0.39, 0.29) is 24.3 Å². The first-order valence-corrected chi connectivity index (χ1v) is 6.83. The van der Waals surface area contributed by atoms with Crippen molar-refractivity contribution in [2.45, 2.75) is 19.8 Å². The van der Waals surface area contributed by atoms with Gasteiger partial charge in [0.25, 0.3) is 0 Å². The van der Waals surface area contributed by atoms with Crippen LogP contribution in [0.15, 0.2) is 0 Å². The first kappa shape index (κ1) is 13.3. The van der Waals surface area contributed by atoms with Crippen molar-refractivity contribution >= 4 is 11.8 Å². The van der Waals surface area contributed by atoms with Crippen LogP contribution in [0.3, 0.4) is 0 Å². The number of amides is 2. The Morgan fingerprint density at radius 1 is 1.33 bits per heavy atom. The number of carbonyl (C=O) groups is 2. The zero-order valence-corrected chi connectivity index (χ0v) is 11.3. The van der Waals surface area contributed by atoms with E-state index in [2.05, 4.69) is 5.32 Å². The molecular weight excluding hydrogens is 230 g/mol. The molecule has 0 aromatic carbocycles. The zero-order valence-electron chi connectivity index (χ0n) is 11.3. The maximum Gasteiger partial charge on any atom is 0.242 e. The summed E-state index contributed by atoms with van der Waals surface area (Å²) in [4.78, 5) is 27.5. The molecule has 2 amide bonds. The SMILES string of the molecule is CC(C(=O)N(C)CC(=O)N1CCNCC1)C1CC1. The second kappa shape index (κ2) is 5.69. The minimum Gasteiger partial charge on any atom is -0.339 e. The third-order valence-corrected chi connectivity index (χ3v) is 3.94. The van der Waals surface area contributed by atoms with Gasteiger partial charge in [-0.3, -0.25) is 9.59 Å². The Hall–Kier alpha value is -1.10. The minimum absolute atomic E-state index is 0.0651. The lowest BCUT2D eigenvalue weighted by atomic mass is 10.1. The molecule has 1 aliphatic heterocycles. The molecule has 1 heterocycles. The number of hydrogen-bond donors (Lipinski definition) is 1. The lowest BCUT2D eigenvalue weighted by molar-refractivity contribution is -0.142. The minimum atomic E-state index is 0.0651. The second-order valence-electron chi connectivity index (χ2n) is 5.45. The Morgan fingerprint density at radius 3 is 2.50 bits per heavy atom. The molecule has 1 N–H and O–H groups in total. The highest BCUT2D eigenvalue weighted by Crippen LogP contribution is 2.37. The van der Waals surface area contributed by atoms with E-state index in [1.165, 1.54) is 0 Å². The molecule has 2 aliphatic rings. The summed E-state index contributed by atoms with van der Waals surface area (Å²) in [5.74, 6) is 0.802. The van der Waals surface area contributed by atoms with Gasteiger partial charge < -0.3 is 15.1 Å². The number of nitrogens with zero attached hydrogens (tertiary/aromatic N) is 2. The average molecular weight is 253 g/mol. The first-order chi connectivity index (χ1) is 8.59. The van der Waals surface area contributed by atoms with Gasteiger partial charge in [0.05, 0.1) is 6.54 Å². The van der Waals surface area contributed by atoms with Gasteiger partial charge in [0.2, 0.25) is 11.8 Å². The maximum absolute atomic E-state index is 12.1. The molecule has 2 rings (SSSR count). The molecule has 0 radical (unpaired) electrons. The molecule has 0 aromatic heterocycles. The molecule has 2 fully saturated rings. The number of piperazine rings is 1. The van der Waals surface area contributed by atoms with Crippen molar-refractivity contribution < 1.29 is 9.59 Å². The summed E-state index contributed by atoms with van der Waals surface area (Å²) < 4.78 is 0. The van der Waals surface area contributed by atoms with E-state index in [1.807, 2.05) is 11.8 Å². The monoisotopic (exact) mass is 253 g/mol. The number of carbonyl (C=O) groups excluding carboxylic acids is 2. The van der Waals surface area contributed by atoms with Crippen molar-refractivity contribution in [2.75, 3.05) is 39.8 Å². The highest BCUT2D eigenvalue weighted by atomic mass is 16.2. The highest BCUT2D eigenvalue weighted by Gasteiger charge is 2.34. The van der Waals surface area contributed by atoms with Crippen molar-refractivity contribution in [3.05, 3.63) is 0 Å². The normalized spacial score (nSPS) is 21.6. The third kappa shape index (κ3) is 3.22. The molecule has 18 heavy (non-hydrogen) atoms. The smallest absolute Gasteiger partial charge is 0.242 e. The van der Waals surface area contributed by atoms with E-state index < -0.39 is 0 Å². The van der Waals surface area contributed by atoms with Gasteiger partial charge in [-0.1, -0.05) is 6.92 Å². The van der Waals surface area contributed by atoms with E-state index in [1.54, 1.807) is 11.9 Å². The van der Waals surface area contributed by atoms with E-state index in [4.69, 9.17) is 0 Å². The van der Waals surface area contributed by atoms with Gasteiger partial charge in [-0.15, -0.1) is 0 Å². The predicted molar refractivity (Wildman–Crippen MR) is 69.0 cm³/mol. The Kier molecular flexibility index (Phi) is 4.22. The highest BCUT2D eigenvalue weighted by molar-refractivity contribution is 5.86. The summed E-state index contributed by atoms with van der Waals surface area (Å²) in [5, 5.41) is 3.21. The summed E-state index contributed by atoms with van der Waals surface area (Å²) in [6.07, 6.45) is 2.32. The summed E-state index contributed by atoms with van der Waals surface area (Å²) in [5.41, 5.74) is 0. The van der Waals surface area contributed by atoms with Gasteiger partial charge >= 0.3 is 0 Å². The van der Waals surface area contributed by atoms with E-state index in [9.17, 15) is 9.59 Å². The Labute approximate surface area is 108 Å². The molecule has 1 aliphatic carbocycles. The standard InChI is InChI=1S/C13H23N3O2/c1-10(11-3-4-11)13(18)15(2)9-12(17)16-7-5-14-6-8-16/h10-11,14H,3-9H2,1-2H3. The van der Waals surface area contributed by atoms with Crippen molar-refractivity contribution in [3.63, 3.8) is 0 Å². The van der Waals surface area contributed by atoms with Gasteiger partial charge in [-0.2, -0.15) is 0 Å². The third-order valence-electron chi connectivity index (χ3n) is 3.94. The van der Waals surface area contributed by atoms with Gasteiger partial charge in [0.1, 0.15) is 0 Å². The Balaban J connectivity index is 1.80. The van der Waals surface area contributed by atoms with Gasteiger partial charge in [0, 0.05) is 39.1 Å². The molecule has 0 spiro atoms. The topological polar surface area (TPSA) is 52.7 Å². The molecule has 1 unspecified atom stereocenters. The zero-order chi connectivity index (χ0) is 13.1. The summed E-state index contributed by atoms with van der Waals surface area (Å²) in [7, 11) is 1.74. The van der Waals surface area contributed by atoms with Crippen LogP contribution in [-0.2, 0) is 9.59 Å². The van der Waals surface area contributed by atoms with Crippen LogP contribution in [0.1, 0.15) is 19.8 Å². The van der Waals surface area contributed by atoms with Crippen LogP contribution in [0, 0.1) is 11.8 Å². The number of nitrogens with one attached hydrogen (secondary N) is 1. The molecular formula is C13H23N3O2. The van der Waals surface area contributed by atoms with E-state index >= 15 is 0 Å². The quantitative estimate of drug-likeness (QED) is 0.762. The van der Waals surface area contributed by atoms with Crippen molar-refractivity contribution in [1.29, 1.82) is 0 Å². The number of rotatable bonds is 4. The first-order valence-electron chi connectivity index (χ1n) is 6.83. The van der Waals surface area contributed by atoms with Gasteiger partial charge in [-0.25, -0.2) is 0 Å². The van der Waals surface area contributed by atoms with Crippen LogP contribution in [0.5, 0.6) is 0 Å². The lowest BCUT2D eigenvalue weighted by Gasteiger charge is -2.30. The van der Waals surface area contributed by atoms with Crippen LogP contribution >= 0.6 is 0 Å².